The van der Waals surface area contributed by atoms with Gasteiger partial charge in [0, 0.05) is 12.6 Å². The van der Waals surface area contributed by atoms with E-state index in [1.165, 1.54) is 11.3 Å². The first-order valence-electron chi connectivity index (χ1n) is 7.76. The van der Waals surface area contributed by atoms with Crippen molar-refractivity contribution < 1.29 is 14.7 Å². The molecule has 0 aromatic rings. The Morgan fingerprint density at radius 2 is 1.90 bits per heavy atom. The van der Waals surface area contributed by atoms with Crippen LogP contribution in [-0.4, -0.2) is 40.1 Å². The first-order valence-corrected chi connectivity index (χ1v) is 7.76. The lowest BCUT2D eigenvalue weighted by molar-refractivity contribution is -0.150. The van der Waals surface area contributed by atoms with E-state index in [0.29, 0.717) is 18.9 Å². The minimum atomic E-state index is -1.06. The Hall–Kier alpha value is -1.26. The molecule has 1 heterocycles. The summed E-state index contributed by atoms with van der Waals surface area (Å²) >= 11 is 0. The van der Waals surface area contributed by atoms with E-state index in [1.54, 1.807) is 6.92 Å². The molecule has 2 rings (SSSR count). The maximum absolute atomic E-state index is 12.5. The van der Waals surface area contributed by atoms with E-state index < -0.39 is 11.5 Å². The van der Waals surface area contributed by atoms with Crippen molar-refractivity contribution in [3.05, 3.63) is 0 Å². The average molecular weight is 282 g/mol. The zero-order chi connectivity index (χ0) is 14.8. The molecule has 0 aromatic heterocycles. The zero-order valence-corrected chi connectivity index (χ0v) is 12.5. The van der Waals surface area contributed by atoms with E-state index in [2.05, 4.69) is 12.2 Å². The van der Waals surface area contributed by atoms with Crippen LogP contribution in [0.25, 0.3) is 0 Å². The van der Waals surface area contributed by atoms with E-state index >= 15 is 0 Å². The first-order chi connectivity index (χ1) is 9.45. The number of carboxylic acids is 1. The standard InChI is InChI=1S/C15H26N2O3/c1-11-7-3-4-8-12(11)16-14(20)17-10-6-5-9-15(17,2)13(18)19/h11-12H,3-10H2,1-2H3,(H,16,20)(H,18,19). The van der Waals surface area contributed by atoms with Crippen LogP contribution in [0.15, 0.2) is 0 Å². The smallest absolute Gasteiger partial charge is 0.329 e. The zero-order valence-electron chi connectivity index (χ0n) is 12.5. The van der Waals surface area contributed by atoms with Gasteiger partial charge in [-0.1, -0.05) is 19.8 Å². The largest absolute Gasteiger partial charge is 0.480 e. The molecule has 3 unspecified atom stereocenters. The van der Waals surface area contributed by atoms with Crippen LogP contribution >= 0.6 is 0 Å². The van der Waals surface area contributed by atoms with E-state index in [0.717, 1.165) is 32.1 Å². The summed E-state index contributed by atoms with van der Waals surface area (Å²) in [5.41, 5.74) is -1.06. The van der Waals surface area contributed by atoms with Crippen LogP contribution in [0, 0.1) is 5.92 Å². The molecule has 2 N–H and O–H groups in total. The van der Waals surface area contributed by atoms with Gasteiger partial charge in [0.25, 0.3) is 0 Å². The molecule has 1 aliphatic carbocycles. The van der Waals surface area contributed by atoms with Crippen molar-refractivity contribution in [2.45, 2.75) is 70.4 Å². The number of nitrogens with zero attached hydrogens (tertiary/aromatic N) is 1. The van der Waals surface area contributed by atoms with Gasteiger partial charge in [0.15, 0.2) is 0 Å². The molecule has 1 saturated heterocycles. The predicted molar refractivity (Wildman–Crippen MR) is 76.5 cm³/mol. The van der Waals surface area contributed by atoms with E-state index in [-0.39, 0.29) is 12.1 Å². The number of hydrogen-bond acceptors (Lipinski definition) is 2. The van der Waals surface area contributed by atoms with Crippen LogP contribution in [0.1, 0.15) is 58.8 Å². The third kappa shape index (κ3) is 2.91. The minimum absolute atomic E-state index is 0.191. The second-order valence-electron chi connectivity index (χ2n) is 6.51. The Morgan fingerprint density at radius 3 is 2.55 bits per heavy atom. The molecule has 0 radical (unpaired) electrons. The number of nitrogens with one attached hydrogen (secondary N) is 1. The Kier molecular flexibility index (Phi) is 4.55. The molecule has 5 nitrogen and oxygen atoms in total. The average Bonchev–Trinajstić information content (AvgIpc) is 2.41. The topological polar surface area (TPSA) is 69.6 Å². The third-order valence-corrected chi connectivity index (χ3v) is 5.02. The van der Waals surface area contributed by atoms with Crippen molar-refractivity contribution in [3.63, 3.8) is 0 Å². The number of carbonyl (C=O) groups is 2. The lowest BCUT2D eigenvalue weighted by Gasteiger charge is -2.42. The number of rotatable bonds is 2. The molecule has 20 heavy (non-hydrogen) atoms. The quantitative estimate of drug-likeness (QED) is 0.818. The monoisotopic (exact) mass is 282 g/mol. The highest BCUT2D eigenvalue weighted by Gasteiger charge is 2.44. The molecule has 1 aliphatic heterocycles. The normalized spacial score (nSPS) is 34.6. The molecule has 2 fully saturated rings. The van der Waals surface area contributed by atoms with Gasteiger partial charge in [0.05, 0.1) is 0 Å². The summed E-state index contributed by atoms with van der Waals surface area (Å²) in [6, 6.07) is -0.00966. The van der Waals surface area contributed by atoms with E-state index in [9.17, 15) is 14.7 Å². The van der Waals surface area contributed by atoms with Gasteiger partial charge < -0.3 is 15.3 Å². The van der Waals surface area contributed by atoms with Gasteiger partial charge in [-0.2, -0.15) is 0 Å². The Labute approximate surface area is 120 Å². The number of likely N-dealkylation sites (tertiary alicyclic amines) is 1. The number of hydrogen-bond donors (Lipinski definition) is 2. The van der Waals surface area contributed by atoms with Crippen molar-refractivity contribution in [1.82, 2.24) is 10.2 Å². The first kappa shape index (κ1) is 15.1. The van der Waals surface area contributed by atoms with Gasteiger partial charge in [-0.3, -0.25) is 0 Å². The number of aliphatic carboxylic acids is 1. The summed E-state index contributed by atoms with van der Waals surface area (Å²) in [6.07, 6.45) is 6.81. The lowest BCUT2D eigenvalue weighted by Crippen LogP contribution is -2.61. The van der Waals surface area contributed by atoms with Crippen LogP contribution in [0.2, 0.25) is 0 Å². The summed E-state index contributed by atoms with van der Waals surface area (Å²) in [7, 11) is 0. The van der Waals surface area contributed by atoms with E-state index in [1.807, 2.05) is 0 Å². The summed E-state index contributed by atoms with van der Waals surface area (Å²) in [4.78, 5) is 25.5. The lowest BCUT2D eigenvalue weighted by atomic mass is 9.85. The summed E-state index contributed by atoms with van der Waals surface area (Å²) in [6.45, 7) is 4.37. The van der Waals surface area contributed by atoms with Crippen molar-refractivity contribution in [3.8, 4) is 0 Å². The highest BCUT2D eigenvalue weighted by Crippen LogP contribution is 2.29. The third-order valence-electron chi connectivity index (χ3n) is 5.02. The Bertz CT molecular complexity index is 385. The number of piperidine rings is 1. The number of carbonyl (C=O) groups excluding carboxylic acids is 1. The second-order valence-corrected chi connectivity index (χ2v) is 6.51. The molecular formula is C15H26N2O3. The number of amides is 2. The SMILES string of the molecule is CC1CCCCC1NC(=O)N1CCCCC1(C)C(=O)O. The Balaban J connectivity index is 2.04. The van der Waals surface area contributed by atoms with Crippen molar-refractivity contribution in [1.29, 1.82) is 0 Å². The van der Waals surface area contributed by atoms with E-state index in [4.69, 9.17) is 0 Å². The molecule has 1 saturated carbocycles. The maximum atomic E-state index is 12.5. The molecule has 3 atom stereocenters. The van der Waals surface area contributed by atoms with Gasteiger partial charge in [0.1, 0.15) is 5.54 Å². The number of urea groups is 1. The van der Waals surface area contributed by atoms with Gasteiger partial charge in [0.2, 0.25) is 0 Å². The molecule has 2 aliphatic rings. The summed E-state index contributed by atoms with van der Waals surface area (Å²) < 4.78 is 0. The van der Waals surface area contributed by atoms with Crippen LogP contribution in [0.3, 0.4) is 0 Å². The van der Waals surface area contributed by atoms with Crippen LogP contribution in [0.4, 0.5) is 4.79 Å². The van der Waals surface area contributed by atoms with Crippen molar-refractivity contribution in [2.75, 3.05) is 6.54 Å². The van der Waals surface area contributed by atoms with Crippen molar-refractivity contribution >= 4 is 12.0 Å². The molecule has 0 aromatic carbocycles. The van der Waals surface area contributed by atoms with Gasteiger partial charge >= 0.3 is 12.0 Å². The highest BCUT2D eigenvalue weighted by molar-refractivity contribution is 5.86. The maximum Gasteiger partial charge on any atom is 0.329 e. The molecule has 114 valence electrons. The van der Waals surface area contributed by atoms with Crippen LogP contribution in [0.5, 0.6) is 0 Å². The fourth-order valence-corrected chi connectivity index (χ4v) is 3.44. The molecule has 5 heteroatoms. The molecule has 0 spiro atoms. The highest BCUT2D eigenvalue weighted by atomic mass is 16.4. The van der Waals surface area contributed by atoms with Crippen molar-refractivity contribution in [2.24, 2.45) is 5.92 Å². The fraction of sp³-hybridized carbons (Fsp3) is 0.867. The second kappa shape index (κ2) is 6.02. The molecule has 2 amide bonds. The Morgan fingerprint density at radius 1 is 1.20 bits per heavy atom. The molecule has 0 bridgehead atoms. The van der Waals surface area contributed by atoms with Gasteiger partial charge in [-0.15, -0.1) is 0 Å². The van der Waals surface area contributed by atoms with Crippen LogP contribution in [-0.2, 0) is 4.79 Å². The van der Waals surface area contributed by atoms with Gasteiger partial charge in [-0.25, -0.2) is 9.59 Å². The van der Waals surface area contributed by atoms with Gasteiger partial charge in [-0.05, 0) is 44.9 Å². The summed E-state index contributed by atoms with van der Waals surface area (Å²) in [5, 5.41) is 12.5. The van der Waals surface area contributed by atoms with Crippen LogP contribution < -0.4 is 5.32 Å². The predicted octanol–water partition coefficient (Wildman–Crippen LogP) is 2.60. The summed E-state index contributed by atoms with van der Waals surface area (Å²) in [5.74, 6) is -0.419. The fourth-order valence-electron chi connectivity index (χ4n) is 3.44. The minimum Gasteiger partial charge on any atom is -0.480 e. The number of carboxylic acid groups (broad SMARTS) is 1. The molecular weight excluding hydrogens is 256 g/mol.